The second-order valence-corrected chi connectivity index (χ2v) is 4.83. The van der Waals surface area contributed by atoms with Gasteiger partial charge in [-0.1, -0.05) is 13.3 Å². The molecule has 0 spiro atoms. The number of carboxylic acid groups (broad SMARTS) is 1. The minimum absolute atomic E-state index is 0.00564. The van der Waals surface area contributed by atoms with E-state index in [1.54, 1.807) is 0 Å². The van der Waals surface area contributed by atoms with Crippen molar-refractivity contribution in [3.63, 3.8) is 0 Å². The van der Waals surface area contributed by atoms with Gasteiger partial charge in [0.1, 0.15) is 0 Å². The molecule has 1 rings (SSSR count). The van der Waals surface area contributed by atoms with Crippen LogP contribution in [-0.2, 0) is 4.79 Å². The van der Waals surface area contributed by atoms with Gasteiger partial charge in [-0.3, -0.25) is 4.79 Å². The van der Waals surface area contributed by atoms with Gasteiger partial charge in [0.2, 0.25) is 0 Å². The molecule has 17 heavy (non-hydrogen) atoms. The quantitative estimate of drug-likeness (QED) is 0.702. The number of aliphatic carboxylic acids is 1. The summed E-state index contributed by atoms with van der Waals surface area (Å²) in [5.41, 5.74) is 0. The van der Waals surface area contributed by atoms with Crippen molar-refractivity contribution >= 4 is 12.0 Å². The second kappa shape index (κ2) is 6.47. The number of carboxylic acids is 1. The van der Waals surface area contributed by atoms with E-state index in [2.05, 4.69) is 10.6 Å². The molecule has 5 nitrogen and oxygen atoms in total. The van der Waals surface area contributed by atoms with Crippen LogP contribution in [0.15, 0.2) is 0 Å². The molecule has 0 heterocycles. The normalized spacial score (nSPS) is 26.0. The number of urea groups is 1. The van der Waals surface area contributed by atoms with Gasteiger partial charge >= 0.3 is 12.0 Å². The van der Waals surface area contributed by atoms with Crippen molar-refractivity contribution in [3.8, 4) is 0 Å². The van der Waals surface area contributed by atoms with Crippen molar-refractivity contribution in [2.75, 3.05) is 0 Å². The van der Waals surface area contributed by atoms with Crippen molar-refractivity contribution in [2.24, 2.45) is 5.92 Å². The van der Waals surface area contributed by atoms with E-state index < -0.39 is 5.97 Å². The summed E-state index contributed by atoms with van der Waals surface area (Å²) < 4.78 is 0. The van der Waals surface area contributed by atoms with Gasteiger partial charge < -0.3 is 15.7 Å². The van der Waals surface area contributed by atoms with E-state index in [-0.39, 0.29) is 24.0 Å². The van der Waals surface area contributed by atoms with E-state index in [1.165, 1.54) is 0 Å². The predicted molar refractivity (Wildman–Crippen MR) is 64.8 cm³/mol. The second-order valence-electron chi connectivity index (χ2n) is 4.83. The number of hydrogen-bond donors (Lipinski definition) is 3. The number of nitrogens with one attached hydrogen (secondary N) is 2. The number of carbonyl (C=O) groups is 2. The third-order valence-electron chi connectivity index (χ3n) is 3.35. The van der Waals surface area contributed by atoms with Gasteiger partial charge in [-0.25, -0.2) is 4.79 Å². The zero-order valence-corrected chi connectivity index (χ0v) is 10.5. The number of carbonyl (C=O) groups excluding carboxylic acids is 1. The highest BCUT2D eigenvalue weighted by Gasteiger charge is 2.27. The van der Waals surface area contributed by atoms with Crippen LogP contribution < -0.4 is 10.6 Å². The molecule has 1 aliphatic carbocycles. The van der Waals surface area contributed by atoms with E-state index in [4.69, 9.17) is 5.11 Å². The molecular weight excluding hydrogens is 220 g/mol. The van der Waals surface area contributed by atoms with Crippen LogP contribution in [0.4, 0.5) is 4.79 Å². The highest BCUT2D eigenvalue weighted by Crippen LogP contribution is 2.24. The Balaban J connectivity index is 2.35. The molecule has 0 bridgehead atoms. The van der Waals surface area contributed by atoms with Crippen LogP contribution in [0.3, 0.4) is 0 Å². The summed E-state index contributed by atoms with van der Waals surface area (Å²) in [4.78, 5) is 22.5. The lowest BCUT2D eigenvalue weighted by atomic mass is 9.86. The third kappa shape index (κ3) is 4.63. The molecule has 0 aromatic rings. The molecule has 3 N–H and O–H groups in total. The van der Waals surface area contributed by atoms with Crippen LogP contribution in [0.5, 0.6) is 0 Å². The summed E-state index contributed by atoms with van der Waals surface area (Å²) in [7, 11) is 0. The summed E-state index contributed by atoms with van der Waals surface area (Å²) >= 11 is 0. The maximum atomic E-state index is 11.6. The van der Waals surface area contributed by atoms with Crippen molar-refractivity contribution in [1.82, 2.24) is 10.6 Å². The number of rotatable bonds is 4. The molecule has 98 valence electrons. The summed E-state index contributed by atoms with van der Waals surface area (Å²) in [6.07, 6.45) is 3.89. The summed E-state index contributed by atoms with van der Waals surface area (Å²) in [5, 5.41) is 14.6. The Labute approximate surface area is 102 Å². The van der Waals surface area contributed by atoms with E-state index in [0.29, 0.717) is 6.42 Å². The first-order valence-electron chi connectivity index (χ1n) is 6.32. The lowest BCUT2D eigenvalue weighted by Gasteiger charge is -2.27. The lowest BCUT2D eigenvalue weighted by molar-refractivity contribution is -0.143. The summed E-state index contributed by atoms with van der Waals surface area (Å²) in [6.45, 7) is 3.95. The molecule has 0 radical (unpaired) electrons. The van der Waals surface area contributed by atoms with E-state index >= 15 is 0 Å². The fraction of sp³-hybridized carbons (Fsp3) is 0.833. The van der Waals surface area contributed by atoms with Crippen LogP contribution in [0.25, 0.3) is 0 Å². The van der Waals surface area contributed by atoms with Gasteiger partial charge in [-0.2, -0.15) is 0 Å². The van der Waals surface area contributed by atoms with E-state index in [9.17, 15) is 9.59 Å². The third-order valence-corrected chi connectivity index (χ3v) is 3.35. The molecule has 3 atom stereocenters. The van der Waals surface area contributed by atoms with Gasteiger partial charge in [-0.05, 0) is 32.6 Å². The van der Waals surface area contributed by atoms with E-state index in [0.717, 1.165) is 25.7 Å². The molecule has 3 unspecified atom stereocenters. The Hall–Kier alpha value is -1.26. The molecule has 1 saturated carbocycles. The minimum Gasteiger partial charge on any atom is -0.481 e. The van der Waals surface area contributed by atoms with E-state index in [1.807, 2.05) is 13.8 Å². The molecule has 0 aliphatic heterocycles. The minimum atomic E-state index is -0.751. The van der Waals surface area contributed by atoms with Crippen molar-refractivity contribution in [3.05, 3.63) is 0 Å². The summed E-state index contributed by atoms with van der Waals surface area (Å²) in [6, 6.07) is -0.0434. The Kier molecular flexibility index (Phi) is 5.25. The molecular formula is C12H22N2O3. The first-order valence-corrected chi connectivity index (χ1v) is 6.32. The van der Waals surface area contributed by atoms with Gasteiger partial charge in [-0.15, -0.1) is 0 Å². The monoisotopic (exact) mass is 242 g/mol. The standard InChI is InChI=1S/C12H22N2O3/c1-3-8(2)13-12(17)14-10-6-4-5-9(7-10)11(15)16/h8-10H,3-7H2,1-2H3,(H,15,16)(H2,13,14,17). The zero-order valence-electron chi connectivity index (χ0n) is 10.5. The maximum absolute atomic E-state index is 11.6. The highest BCUT2D eigenvalue weighted by molar-refractivity contribution is 5.75. The molecule has 5 heteroatoms. The first-order chi connectivity index (χ1) is 8.02. The van der Waals surface area contributed by atoms with Crippen LogP contribution in [-0.4, -0.2) is 29.2 Å². The molecule has 0 saturated heterocycles. The van der Waals surface area contributed by atoms with Gasteiger partial charge in [0.25, 0.3) is 0 Å². The summed E-state index contributed by atoms with van der Waals surface area (Å²) in [5.74, 6) is -1.06. The molecule has 2 amide bonds. The highest BCUT2D eigenvalue weighted by atomic mass is 16.4. The smallest absolute Gasteiger partial charge is 0.315 e. The van der Waals surface area contributed by atoms with Crippen molar-refractivity contribution < 1.29 is 14.7 Å². The molecule has 1 fully saturated rings. The SMILES string of the molecule is CCC(C)NC(=O)NC1CCCC(C(=O)O)C1. The van der Waals surface area contributed by atoms with Crippen LogP contribution in [0, 0.1) is 5.92 Å². The molecule has 1 aliphatic rings. The Morgan fingerprint density at radius 3 is 2.71 bits per heavy atom. The fourth-order valence-electron chi connectivity index (χ4n) is 2.10. The Morgan fingerprint density at radius 1 is 1.41 bits per heavy atom. The van der Waals surface area contributed by atoms with Gasteiger partial charge in [0.05, 0.1) is 5.92 Å². The van der Waals surface area contributed by atoms with Crippen molar-refractivity contribution in [2.45, 2.75) is 58.0 Å². The maximum Gasteiger partial charge on any atom is 0.315 e. The predicted octanol–water partition coefficient (Wildman–Crippen LogP) is 1.73. The topological polar surface area (TPSA) is 78.4 Å². The lowest BCUT2D eigenvalue weighted by Crippen LogP contribution is -2.47. The number of hydrogen-bond acceptors (Lipinski definition) is 2. The van der Waals surface area contributed by atoms with Gasteiger partial charge in [0.15, 0.2) is 0 Å². The average molecular weight is 242 g/mol. The zero-order chi connectivity index (χ0) is 12.8. The Bertz CT molecular complexity index is 281. The van der Waals surface area contributed by atoms with Crippen molar-refractivity contribution in [1.29, 1.82) is 0 Å². The van der Waals surface area contributed by atoms with Crippen LogP contribution in [0.2, 0.25) is 0 Å². The van der Waals surface area contributed by atoms with Crippen LogP contribution in [0.1, 0.15) is 46.0 Å². The fourth-order valence-corrected chi connectivity index (χ4v) is 2.10. The molecule has 0 aromatic heterocycles. The first kappa shape index (κ1) is 13.8. The average Bonchev–Trinajstić information content (AvgIpc) is 2.28. The molecule has 0 aromatic carbocycles. The van der Waals surface area contributed by atoms with Gasteiger partial charge in [0, 0.05) is 12.1 Å². The largest absolute Gasteiger partial charge is 0.481 e. The number of amides is 2. The van der Waals surface area contributed by atoms with Crippen LogP contribution >= 0.6 is 0 Å². The Morgan fingerprint density at radius 2 is 2.12 bits per heavy atom.